The lowest BCUT2D eigenvalue weighted by Crippen LogP contribution is -2.55. The highest BCUT2D eigenvalue weighted by molar-refractivity contribution is 7.87. The van der Waals surface area contributed by atoms with E-state index in [-0.39, 0.29) is 25.7 Å². The predicted octanol–water partition coefficient (Wildman–Crippen LogP) is -2.62. The molecule has 0 aromatic carbocycles. The summed E-state index contributed by atoms with van der Waals surface area (Å²) in [6.07, 6.45) is -2.54. The molecular formula is C11H23BF2N4O6S. The van der Waals surface area contributed by atoms with E-state index in [1.54, 1.807) is 0 Å². The Morgan fingerprint density at radius 3 is 2.52 bits per heavy atom. The number of carboxylic acids is 1. The monoisotopic (exact) mass is 388 g/mol. The van der Waals surface area contributed by atoms with Crippen LogP contribution in [-0.4, -0.2) is 78.6 Å². The second-order valence-corrected chi connectivity index (χ2v) is 7.85. The number of carboxylic acid groups (broad SMARTS) is 1. The molecule has 0 amide bonds. The van der Waals surface area contributed by atoms with Gasteiger partial charge < -0.3 is 26.6 Å². The highest BCUT2D eigenvalue weighted by Crippen LogP contribution is 2.31. The summed E-state index contributed by atoms with van der Waals surface area (Å²) >= 11 is 0. The number of nitrogens with zero attached hydrogens (tertiary/aromatic N) is 1. The molecule has 25 heavy (non-hydrogen) atoms. The minimum atomic E-state index is -4.24. The van der Waals surface area contributed by atoms with Crippen LogP contribution in [0.1, 0.15) is 12.8 Å². The Bertz CT molecular complexity index is 569. The van der Waals surface area contributed by atoms with Gasteiger partial charge in [-0.25, -0.2) is 13.5 Å². The fourth-order valence-electron chi connectivity index (χ4n) is 2.60. The number of rotatable bonds is 10. The van der Waals surface area contributed by atoms with Crippen molar-refractivity contribution in [2.45, 2.75) is 37.2 Å². The van der Waals surface area contributed by atoms with Gasteiger partial charge in [0.15, 0.2) is 0 Å². The van der Waals surface area contributed by atoms with Crippen LogP contribution in [0.25, 0.3) is 0 Å². The van der Waals surface area contributed by atoms with Crippen LogP contribution in [0.5, 0.6) is 0 Å². The van der Waals surface area contributed by atoms with E-state index in [2.05, 4.69) is 0 Å². The van der Waals surface area contributed by atoms with Gasteiger partial charge in [-0.1, -0.05) is 6.42 Å². The van der Waals surface area contributed by atoms with Crippen LogP contribution in [-0.2, 0) is 15.0 Å². The Balaban J connectivity index is 2.80. The van der Waals surface area contributed by atoms with Crippen molar-refractivity contribution in [3.05, 3.63) is 0 Å². The first-order valence-corrected chi connectivity index (χ1v) is 9.01. The van der Waals surface area contributed by atoms with Crippen molar-refractivity contribution in [1.29, 1.82) is 0 Å². The van der Waals surface area contributed by atoms with Gasteiger partial charge in [0.25, 0.3) is 16.6 Å². The van der Waals surface area contributed by atoms with Gasteiger partial charge in [0.1, 0.15) is 5.54 Å². The molecule has 1 heterocycles. The lowest BCUT2D eigenvalue weighted by atomic mass is 9.78. The van der Waals surface area contributed by atoms with Crippen LogP contribution in [0.4, 0.5) is 8.78 Å². The average molecular weight is 388 g/mol. The maximum absolute atomic E-state index is 12.4. The van der Waals surface area contributed by atoms with Gasteiger partial charge in [0.2, 0.25) is 0 Å². The molecule has 0 aromatic heterocycles. The van der Waals surface area contributed by atoms with E-state index >= 15 is 0 Å². The van der Waals surface area contributed by atoms with Crippen molar-refractivity contribution in [2.75, 3.05) is 19.6 Å². The minimum Gasteiger partial charge on any atom is -0.480 e. The lowest BCUT2D eigenvalue weighted by Gasteiger charge is -2.25. The molecule has 0 spiro atoms. The molecule has 146 valence electrons. The molecule has 0 aromatic rings. The van der Waals surface area contributed by atoms with E-state index in [9.17, 15) is 27.1 Å². The van der Waals surface area contributed by atoms with E-state index < -0.39 is 60.3 Å². The van der Waals surface area contributed by atoms with Crippen LogP contribution >= 0.6 is 0 Å². The molecule has 0 saturated carbocycles. The summed E-state index contributed by atoms with van der Waals surface area (Å²) in [7, 11) is -5.80. The third-order valence-corrected chi connectivity index (χ3v) is 5.66. The van der Waals surface area contributed by atoms with Crippen LogP contribution in [0.3, 0.4) is 0 Å². The average Bonchev–Trinajstić information content (AvgIpc) is 2.84. The summed E-state index contributed by atoms with van der Waals surface area (Å²) in [4.78, 5) is 11.5. The summed E-state index contributed by atoms with van der Waals surface area (Å²) in [6, 6.07) is -1.69. The molecule has 1 saturated heterocycles. The largest absolute Gasteiger partial charge is 0.480 e. The third kappa shape index (κ3) is 5.81. The van der Waals surface area contributed by atoms with Gasteiger partial charge in [-0.3, -0.25) is 4.79 Å². The summed E-state index contributed by atoms with van der Waals surface area (Å²) < 4.78 is 51.8. The Morgan fingerprint density at radius 1 is 1.44 bits per heavy atom. The van der Waals surface area contributed by atoms with Gasteiger partial charge in [0, 0.05) is 25.6 Å². The zero-order chi connectivity index (χ0) is 19.4. The van der Waals surface area contributed by atoms with Gasteiger partial charge in [-0.15, -0.1) is 0 Å². The number of hydrogen-bond donors (Lipinski definition) is 6. The van der Waals surface area contributed by atoms with Gasteiger partial charge in [-0.05, 0) is 12.7 Å². The molecular weight excluding hydrogens is 365 g/mol. The summed E-state index contributed by atoms with van der Waals surface area (Å²) in [5, 5.41) is 27.0. The van der Waals surface area contributed by atoms with E-state index in [1.807, 2.05) is 4.72 Å². The van der Waals surface area contributed by atoms with Crippen molar-refractivity contribution in [3.63, 3.8) is 0 Å². The van der Waals surface area contributed by atoms with E-state index in [1.165, 1.54) is 0 Å². The van der Waals surface area contributed by atoms with E-state index in [4.69, 9.17) is 21.5 Å². The third-order valence-electron chi connectivity index (χ3n) is 4.17. The topological polar surface area (TPSA) is 179 Å². The minimum absolute atomic E-state index is 0.0135. The van der Waals surface area contributed by atoms with E-state index in [0.717, 1.165) is 4.31 Å². The first-order valence-electron chi connectivity index (χ1n) is 7.57. The normalized spacial score (nSPS) is 26.1. The molecule has 8 N–H and O–H groups in total. The van der Waals surface area contributed by atoms with E-state index in [0.29, 0.717) is 0 Å². The Kier molecular flexibility index (Phi) is 7.67. The van der Waals surface area contributed by atoms with Crippen molar-refractivity contribution in [1.82, 2.24) is 9.03 Å². The zero-order valence-electron chi connectivity index (χ0n) is 13.4. The molecule has 1 aliphatic rings. The molecule has 0 aliphatic carbocycles. The number of alkyl halides is 2. The van der Waals surface area contributed by atoms with Crippen LogP contribution < -0.4 is 16.2 Å². The Labute approximate surface area is 144 Å². The standard InChI is InChI=1S/C11H23BF2N4O6S/c13-9(14)8(15)4-17-25(23,24)18-5-7(2-1-3-12(21)22)11(16,6-18)10(19)20/h7-9,17,21-22H,1-6,15-16H2,(H,19,20)/t7-,8?,11?/m0/s1. The van der Waals surface area contributed by atoms with Gasteiger partial charge in [0.05, 0.1) is 6.04 Å². The lowest BCUT2D eigenvalue weighted by molar-refractivity contribution is -0.144. The second-order valence-electron chi connectivity index (χ2n) is 6.10. The van der Waals surface area contributed by atoms with Crippen LogP contribution in [0, 0.1) is 5.92 Å². The number of hydrogen-bond acceptors (Lipinski definition) is 7. The Hall–Kier alpha value is -0.895. The quantitative estimate of drug-likeness (QED) is 0.220. The molecule has 2 unspecified atom stereocenters. The van der Waals surface area contributed by atoms with Gasteiger partial charge >= 0.3 is 13.1 Å². The first-order chi connectivity index (χ1) is 11.4. The fraction of sp³-hybridized carbons (Fsp3) is 0.909. The maximum atomic E-state index is 12.4. The van der Waals surface area contributed by atoms with Crippen molar-refractivity contribution in [3.8, 4) is 0 Å². The molecule has 1 rings (SSSR count). The number of nitrogens with one attached hydrogen (secondary N) is 1. The Morgan fingerprint density at radius 2 is 2.04 bits per heavy atom. The first kappa shape index (κ1) is 22.1. The van der Waals surface area contributed by atoms with Crippen molar-refractivity contribution in [2.24, 2.45) is 17.4 Å². The highest BCUT2D eigenvalue weighted by atomic mass is 32.2. The maximum Gasteiger partial charge on any atom is 0.451 e. The van der Waals surface area contributed by atoms with Crippen molar-refractivity contribution < 1.29 is 37.1 Å². The molecule has 3 atom stereocenters. The molecule has 0 bridgehead atoms. The van der Waals surface area contributed by atoms with Crippen LogP contribution in [0.2, 0.25) is 6.32 Å². The van der Waals surface area contributed by atoms with Crippen molar-refractivity contribution >= 4 is 23.3 Å². The van der Waals surface area contributed by atoms with Crippen LogP contribution in [0.15, 0.2) is 0 Å². The molecule has 1 aliphatic heterocycles. The number of nitrogens with two attached hydrogens (primary N) is 2. The molecule has 0 radical (unpaired) electrons. The summed E-state index contributed by atoms with van der Waals surface area (Å²) in [5.41, 5.74) is 9.07. The molecule has 10 nitrogen and oxygen atoms in total. The molecule has 1 fully saturated rings. The number of halogens is 2. The predicted molar refractivity (Wildman–Crippen MR) is 84.8 cm³/mol. The second kappa shape index (κ2) is 8.66. The number of aliphatic carboxylic acids is 1. The zero-order valence-corrected chi connectivity index (χ0v) is 14.2. The summed E-state index contributed by atoms with van der Waals surface area (Å²) in [6.45, 7) is -1.47. The summed E-state index contributed by atoms with van der Waals surface area (Å²) in [5.74, 6) is -2.17. The highest BCUT2D eigenvalue weighted by Gasteiger charge is 2.52. The smallest absolute Gasteiger partial charge is 0.451 e. The fourth-order valence-corrected chi connectivity index (χ4v) is 3.94. The SMILES string of the molecule is NC(CNS(=O)(=O)N1C[C@H](CCCB(O)O)C(N)(C(=O)O)C1)C(F)F. The number of carbonyl (C=O) groups is 1. The van der Waals surface area contributed by atoms with Gasteiger partial charge in [-0.2, -0.15) is 12.7 Å². The molecule has 14 heteroatoms.